The number of aromatic amines is 1. The molecule has 0 bridgehead atoms. The van der Waals surface area contributed by atoms with Gasteiger partial charge in [-0.25, -0.2) is 5.10 Å². The molecule has 1 heterocycles. The van der Waals surface area contributed by atoms with Gasteiger partial charge in [0.05, 0.1) is 0 Å². The van der Waals surface area contributed by atoms with Crippen LogP contribution in [0.4, 0.5) is 11.6 Å². The minimum atomic E-state index is -0.902. The van der Waals surface area contributed by atoms with Gasteiger partial charge < -0.3 is 11.1 Å². The molecule has 9 nitrogen and oxygen atoms in total. The lowest BCUT2D eigenvalue weighted by Crippen LogP contribution is -2.29. The van der Waals surface area contributed by atoms with Crippen molar-refractivity contribution < 1.29 is 14.4 Å². The molecule has 0 aliphatic heterocycles. The minimum absolute atomic E-state index is 0.0641. The quantitative estimate of drug-likeness (QED) is 0.557. The molecule has 1 aromatic carbocycles. The molecule has 5 N–H and O–H groups in total. The molecule has 3 amide bonds. The average molecular weight is 274 g/mol. The molecule has 1 aromatic heterocycles. The lowest BCUT2D eigenvalue weighted by Gasteiger charge is -2.05. The topological polar surface area (TPSA) is 143 Å². The van der Waals surface area contributed by atoms with Gasteiger partial charge in [0.1, 0.15) is 6.33 Å². The monoisotopic (exact) mass is 274 g/mol. The van der Waals surface area contributed by atoms with Gasteiger partial charge in [0, 0.05) is 11.3 Å². The van der Waals surface area contributed by atoms with Crippen molar-refractivity contribution in [3.05, 3.63) is 36.2 Å². The Morgan fingerprint density at radius 1 is 1.05 bits per heavy atom. The summed E-state index contributed by atoms with van der Waals surface area (Å²) in [5, 5.41) is 10.5. The molecule has 102 valence electrons. The smallest absolute Gasteiger partial charge is 0.316 e. The van der Waals surface area contributed by atoms with Crippen molar-refractivity contribution in [1.29, 1.82) is 0 Å². The first-order chi connectivity index (χ1) is 9.56. The van der Waals surface area contributed by atoms with Crippen LogP contribution in [0.1, 0.15) is 10.4 Å². The maximum atomic E-state index is 11.6. The van der Waals surface area contributed by atoms with Crippen LogP contribution in [0.3, 0.4) is 0 Å². The summed E-state index contributed by atoms with van der Waals surface area (Å²) < 4.78 is 0. The van der Waals surface area contributed by atoms with Crippen LogP contribution >= 0.6 is 0 Å². The van der Waals surface area contributed by atoms with Gasteiger partial charge in [-0.15, -0.1) is 0 Å². The highest BCUT2D eigenvalue weighted by atomic mass is 16.2. The molecule has 0 aliphatic rings. The van der Waals surface area contributed by atoms with Crippen LogP contribution < -0.4 is 16.4 Å². The molecule has 0 atom stereocenters. The van der Waals surface area contributed by atoms with Crippen LogP contribution in [-0.2, 0) is 9.59 Å². The highest BCUT2D eigenvalue weighted by Crippen LogP contribution is 2.09. The van der Waals surface area contributed by atoms with Gasteiger partial charge in [-0.05, 0) is 24.3 Å². The van der Waals surface area contributed by atoms with E-state index in [0.29, 0.717) is 11.3 Å². The highest BCUT2D eigenvalue weighted by Gasteiger charge is 2.15. The lowest BCUT2D eigenvalue weighted by atomic mass is 10.2. The number of hydrogen-bond donors (Lipinski definition) is 4. The second-order valence-electron chi connectivity index (χ2n) is 3.68. The standard InChI is InChI=1S/C11H10N6O3/c12-8(18)6-1-3-7(4-2-6)15-9(19)10(20)16-11-13-5-14-17-11/h1-5H,(H2,12,18)(H,15,19)(H2,13,14,16,17,20). The van der Waals surface area contributed by atoms with Gasteiger partial charge in [-0.1, -0.05) is 0 Å². The van der Waals surface area contributed by atoms with E-state index >= 15 is 0 Å². The number of nitrogens with one attached hydrogen (secondary N) is 3. The van der Waals surface area contributed by atoms with Gasteiger partial charge in [-0.3, -0.25) is 19.7 Å². The lowest BCUT2D eigenvalue weighted by molar-refractivity contribution is -0.133. The van der Waals surface area contributed by atoms with E-state index < -0.39 is 17.7 Å². The van der Waals surface area contributed by atoms with Crippen molar-refractivity contribution in [1.82, 2.24) is 15.2 Å². The first kappa shape index (κ1) is 13.2. The van der Waals surface area contributed by atoms with Gasteiger partial charge in [-0.2, -0.15) is 10.1 Å². The van der Waals surface area contributed by atoms with Crippen molar-refractivity contribution in [3.63, 3.8) is 0 Å². The van der Waals surface area contributed by atoms with E-state index in [1.165, 1.54) is 30.6 Å². The predicted molar refractivity (Wildman–Crippen MR) is 68.6 cm³/mol. The fourth-order valence-electron chi connectivity index (χ4n) is 1.34. The number of carbonyl (C=O) groups is 3. The predicted octanol–water partition coefficient (Wildman–Crippen LogP) is -0.519. The first-order valence-corrected chi connectivity index (χ1v) is 5.44. The second kappa shape index (κ2) is 5.61. The molecule has 2 rings (SSSR count). The first-order valence-electron chi connectivity index (χ1n) is 5.44. The normalized spacial score (nSPS) is 9.80. The van der Waals surface area contributed by atoms with Gasteiger partial charge in [0.2, 0.25) is 11.9 Å². The molecule has 0 saturated heterocycles. The number of hydrogen-bond acceptors (Lipinski definition) is 5. The number of primary amides is 1. The summed E-state index contributed by atoms with van der Waals surface area (Å²) in [7, 11) is 0. The fourth-order valence-corrected chi connectivity index (χ4v) is 1.34. The van der Waals surface area contributed by atoms with E-state index in [1.54, 1.807) is 0 Å². The number of benzene rings is 1. The number of nitrogens with zero attached hydrogens (tertiary/aromatic N) is 2. The number of amides is 3. The maximum absolute atomic E-state index is 11.6. The Kier molecular flexibility index (Phi) is 3.70. The SMILES string of the molecule is NC(=O)c1ccc(NC(=O)C(=O)Nc2ncn[nH]2)cc1. The third kappa shape index (κ3) is 3.16. The molecule has 9 heteroatoms. The fraction of sp³-hybridized carbons (Fsp3) is 0. The summed E-state index contributed by atoms with van der Waals surface area (Å²) in [6.45, 7) is 0. The number of H-pyrrole nitrogens is 1. The molecule has 2 aromatic rings. The van der Waals surface area contributed by atoms with Crippen LogP contribution in [0.2, 0.25) is 0 Å². The Hall–Kier alpha value is -3.23. The number of carbonyl (C=O) groups excluding carboxylic acids is 3. The van der Waals surface area contributed by atoms with Crippen molar-refractivity contribution in [2.75, 3.05) is 10.6 Å². The van der Waals surface area contributed by atoms with Crippen LogP contribution in [0.25, 0.3) is 0 Å². The number of aromatic nitrogens is 3. The zero-order chi connectivity index (χ0) is 14.5. The third-order valence-electron chi connectivity index (χ3n) is 2.28. The van der Waals surface area contributed by atoms with Gasteiger partial charge in [0.25, 0.3) is 0 Å². The largest absolute Gasteiger partial charge is 0.366 e. The van der Waals surface area contributed by atoms with Gasteiger partial charge >= 0.3 is 11.8 Å². The maximum Gasteiger partial charge on any atom is 0.316 e. The zero-order valence-corrected chi connectivity index (χ0v) is 10.1. The highest BCUT2D eigenvalue weighted by molar-refractivity contribution is 6.43. The Labute approximate surface area is 112 Å². The van der Waals surface area contributed by atoms with E-state index in [9.17, 15) is 14.4 Å². The third-order valence-corrected chi connectivity index (χ3v) is 2.28. The van der Waals surface area contributed by atoms with E-state index in [4.69, 9.17) is 5.73 Å². The molecule has 0 radical (unpaired) electrons. The molecule has 0 unspecified atom stereocenters. The van der Waals surface area contributed by atoms with Gasteiger partial charge in [0.15, 0.2) is 0 Å². The van der Waals surface area contributed by atoms with E-state index in [0.717, 1.165) is 0 Å². The zero-order valence-electron chi connectivity index (χ0n) is 10.1. The summed E-state index contributed by atoms with van der Waals surface area (Å²) in [5.74, 6) is -2.30. The summed E-state index contributed by atoms with van der Waals surface area (Å²) in [6.07, 6.45) is 1.19. The molecule has 20 heavy (non-hydrogen) atoms. The summed E-state index contributed by atoms with van der Waals surface area (Å²) in [6, 6.07) is 5.79. The number of anilines is 2. The summed E-state index contributed by atoms with van der Waals surface area (Å²) in [5.41, 5.74) is 5.74. The Balaban J connectivity index is 1.97. The van der Waals surface area contributed by atoms with Crippen molar-refractivity contribution in [2.45, 2.75) is 0 Å². The Morgan fingerprint density at radius 2 is 1.70 bits per heavy atom. The van der Waals surface area contributed by atoms with Crippen molar-refractivity contribution in [2.24, 2.45) is 5.73 Å². The molecule has 0 aliphatic carbocycles. The molecular formula is C11H10N6O3. The number of rotatable bonds is 3. The van der Waals surface area contributed by atoms with E-state index in [1.807, 2.05) is 0 Å². The van der Waals surface area contributed by atoms with Crippen molar-refractivity contribution in [3.8, 4) is 0 Å². The summed E-state index contributed by atoms with van der Waals surface area (Å²) >= 11 is 0. The second-order valence-corrected chi connectivity index (χ2v) is 3.68. The van der Waals surface area contributed by atoms with E-state index in [2.05, 4.69) is 25.8 Å². The molecule has 0 fully saturated rings. The minimum Gasteiger partial charge on any atom is -0.366 e. The average Bonchev–Trinajstić information content (AvgIpc) is 2.92. The summed E-state index contributed by atoms with van der Waals surface area (Å²) in [4.78, 5) is 37.6. The molecular weight excluding hydrogens is 264 g/mol. The van der Waals surface area contributed by atoms with Crippen LogP contribution in [0.15, 0.2) is 30.6 Å². The Bertz CT molecular complexity index is 635. The van der Waals surface area contributed by atoms with Crippen molar-refractivity contribution >= 4 is 29.4 Å². The Morgan fingerprint density at radius 3 is 2.25 bits per heavy atom. The molecule has 0 saturated carbocycles. The van der Waals surface area contributed by atoms with Crippen LogP contribution in [-0.4, -0.2) is 32.9 Å². The van der Waals surface area contributed by atoms with Crippen LogP contribution in [0, 0.1) is 0 Å². The molecule has 0 spiro atoms. The van der Waals surface area contributed by atoms with E-state index in [-0.39, 0.29) is 5.95 Å². The van der Waals surface area contributed by atoms with Crippen LogP contribution in [0.5, 0.6) is 0 Å². The number of nitrogens with two attached hydrogens (primary N) is 1.